The molecule has 146 valence electrons. The van der Waals surface area contributed by atoms with Crippen molar-refractivity contribution in [1.29, 1.82) is 0 Å². The predicted molar refractivity (Wildman–Crippen MR) is 113 cm³/mol. The van der Waals surface area contributed by atoms with E-state index in [0.717, 1.165) is 28.1 Å². The summed E-state index contributed by atoms with van der Waals surface area (Å²) in [5.74, 6) is 0.336. The minimum absolute atomic E-state index is 0.213. The Hall–Kier alpha value is -3.61. The van der Waals surface area contributed by atoms with Gasteiger partial charge in [0, 0.05) is 31.0 Å². The van der Waals surface area contributed by atoms with Crippen LogP contribution in [0.3, 0.4) is 0 Å². The average molecular weight is 387 g/mol. The summed E-state index contributed by atoms with van der Waals surface area (Å²) in [6, 6.07) is 11.3. The molecule has 0 atom stereocenters. The normalized spacial score (nSPS) is 11.2. The van der Waals surface area contributed by atoms with Gasteiger partial charge in [-0.1, -0.05) is 6.07 Å². The molecule has 2 aromatic heterocycles. The van der Waals surface area contributed by atoms with Gasteiger partial charge in [-0.15, -0.1) is 0 Å². The Morgan fingerprint density at radius 3 is 2.38 bits per heavy atom. The maximum absolute atomic E-state index is 11.9. The average Bonchev–Trinajstić information content (AvgIpc) is 2.76. The second-order valence-electron chi connectivity index (χ2n) is 7.06. The second kappa shape index (κ2) is 7.43. The molecule has 7 nitrogen and oxygen atoms in total. The third-order valence-electron chi connectivity index (χ3n) is 4.92. The molecule has 4 rings (SSSR count). The highest BCUT2D eigenvalue weighted by Gasteiger charge is 2.18. The Morgan fingerprint density at radius 1 is 0.931 bits per heavy atom. The Labute approximate surface area is 168 Å². The summed E-state index contributed by atoms with van der Waals surface area (Å²) in [7, 11) is 3.34. The molecule has 2 heterocycles. The van der Waals surface area contributed by atoms with Gasteiger partial charge in [0.05, 0.1) is 34.7 Å². The first-order chi connectivity index (χ1) is 14.0. The number of nitrogens with zero attached hydrogens (tertiary/aromatic N) is 5. The van der Waals surface area contributed by atoms with Crippen LogP contribution in [0.15, 0.2) is 48.8 Å². The van der Waals surface area contributed by atoms with Gasteiger partial charge in [-0.05, 0) is 44.2 Å². The van der Waals surface area contributed by atoms with Crippen LogP contribution in [0, 0.1) is 0 Å². The summed E-state index contributed by atoms with van der Waals surface area (Å²) >= 11 is 0. The third-order valence-corrected chi connectivity index (χ3v) is 4.92. The van der Waals surface area contributed by atoms with E-state index in [9.17, 15) is 4.79 Å². The number of carbonyl (C=O) groups excluding carboxylic acids is 1. The molecule has 4 aromatic rings. The highest BCUT2D eigenvalue weighted by molar-refractivity contribution is 5.95. The summed E-state index contributed by atoms with van der Waals surface area (Å²) in [5, 5.41) is 0. The van der Waals surface area contributed by atoms with Crippen LogP contribution in [0.1, 0.15) is 24.2 Å². The molecule has 0 N–H and O–H groups in total. The SMILES string of the molecule is COC(=O)c1ccc2nc(-c3ccc4nccnc4c3)c(N(C)C(C)C)nc2c1. The van der Waals surface area contributed by atoms with Gasteiger partial charge in [-0.25, -0.2) is 14.8 Å². The molecule has 0 spiro atoms. The van der Waals surface area contributed by atoms with E-state index in [1.54, 1.807) is 30.6 Å². The highest BCUT2D eigenvalue weighted by Crippen LogP contribution is 2.31. The van der Waals surface area contributed by atoms with E-state index in [2.05, 4.69) is 28.7 Å². The first-order valence-corrected chi connectivity index (χ1v) is 9.32. The number of benzene rings is 2. The van der Waals surface area contributed by atoms with Crippen molar-refractivity contribution in [2.75, 3.05) is 19.1 Å². The molecule has 0 aliphatic heterocycles. The predicted octanol–water partition coefficient (Wildman–Crippen LogP) is 3.87. The van der Waals surface area contributed by atoms with Crippen LogP contribution >= 0.6 is 0 Å². The first-order valence-electron chi connectivity index (χ1n) is 9.32. The summed E-state index contributed by atoms with van der Waals surface area (Å²) < 4.78 is 4.82. The zero-order valence-corrected chi connectivity index (χ0v) is 16.7. The Bertz CT molecular complexity index is 1220. The van der Waals surface area contributed by atoms with E-state index in [-0.39, 0.29) is 6.04 Å². The van der Waals surface area contributed by atoms with Crippen molar-refractivity contribution in [3.63, 3.8) is 0 Å². The van der Waals surface area contributed by atoms with Crippen molar-refractivity contribution in [3.8, 4) is 11.3 Å². The van der Waals surface area contributed by atoms with Crippen molar-refractivity contribution in [2.24, 2.45) is 0 Å². The summed E-state index contributed by atoms with van der Waals surface area (Å²) in [6.07, 6.45) is 3.35. The molecule has 0 aliphatic rings. The summed E-state index contributed by atoms with van der Waals surface area (Å²) in [5.41, 5.74) is 5.07. The van der Waals surface area contributed by atoms with Gasteiger partial charge in [0.25, 0.3) is 0 Å². The van der Waals surface area contributed by atoms with Crippen molar-refractivity contribution in [1.82, 2.24) is 19.9 Å². The molecule has 29 heavy (non-hydrogen) atoms. The van der Waals surface area contributed by atoms with Crippen molar-refractivity contribution >= 4 is 33.9 Å². The monoisotopic (exact) mass is 387 g/mol. The van der Waals surface area contributed by atoms with Gasteiger partial charge in [-0.3, -0.25) is 9.97 Å². The highest BCUT2D eigenvalue weighted by atomic mass is 16.5. The zero-order valence-electron chi connectivity index (χ0n) is 16.7. The van der Waals surface area contributed by atoms with Crippen LogP contribution in [0.2, 0.25) is 0 Å². The van der Waals surface area contributed by atoms with E-state index in [1.165, 1.54) is 7.11 Å². The fourth-order valence-electron chi connectivity index (χ4n) is 3.08. The summed E-state index contributed by atoms with van der Waals surface area (Å²) in [4.78, 5) is 32.4. The number of ether oxygens (including phenoxy) is 1. The quantitative estimate of drug-likeness (QED) is 0.492. The van der Waals surface area contributed by atoms with Crippen LogP contribution in [-0.4, -0.2) is 46.1 Å². The van der Waals surface area contributed by atoms with E-state index < -0.39 is 5.97 Å². The maximum atomic E-state index is 11.9. The number of esters is 1. The number of hydrogen-bond acceptors (Lipinski definition) is 7. The Kier molecular flexibility index (Phi) is 4.80. The first kappa shape index (κ1) is 18.7. The molecule has 0 saturated heterocycles. The molecule has 0 amide bonds. The fraction of sp³-hybridized carbons (Fsp3) is 0.227. The maximum Gasteiger partial charge on any atom is 0.337 e. The molecule has 0 aliphatic carbocycles. The molecule has 0 fully saturated rings. The standard InChI is InChI=1S/C22H21N5O2/c1-13(2)27(3)21-20(14-5-7-16-18(11-14)24-10-9-23-16)25-17-8-6-15(22(28)29-4)12-19(17)26-21/h5-13H,1-4H3. The molecule has 2 aromatic carbocycles. The Morgan fingerprint density at radius 2 is 1.66 bits per heavy atom. The second-order valence-corrected chi connectivity index (χ2v) is 7.06. The smallest absolute Gasteiger partial charge is 0.337 e. The van der Waals surface area contributed by atoms with E-state index in [0.29, 0.717) is 16.6 Å². The number of carbonyl (C=O) groups is 1. The molecule has 7 heteroatoms. The minimum atomic E-state index is -0.398. The van der Waals surface area contributed by atoms with Gasteiger partial charge >= 0.3 is 5.97 Å². The van der Waals surface area contributed by atoms with Crippen LogP contribution in [0.4, 0.5) is 5.82 Å². The number of methoxy groups -OCH3 is 1. The zero-order chi connectivity index (χ0) is 20.5. The van der Waals surface area contributed by atoms with E-state index in [4.69, 9.17) is 14.7 Å². The third kappa shape index (κ3) is 3.47. The molecular formula is C22H21N5O2. The van der Waals surface area contributed by atoms with Gasteiger partial charge < -0.3 is 9.64 Å². The van der Waals surface area contributed by atoms with E-state index >= 15 is 0 Å². The molecular weight excluding hydrogens is 366 g/mol. The van der Waals surface area contributed by atoms with Crippen molar-refractivity contribution in [2.45, 2.75) is 19.9 Å². The van der Waals surface area contributed by atoms with E-state index in [1.807, 2.05) is 25.2 Å². The topological polar surface area (TPSA) is 81.1 Å². The van der Waals surface area contributed by atoms with Crippen LogP contribution in [0.5, 0.6) is 0 Å². The van der Waals surface area contributed by atoms with Crippen LogP contribution in [-0.2, 0) is 4.74 Å². The number of hydrogen-bond donors (Lipinski definition) is 0. The lowest BCUT2D eigenvalue weighted by atomic mass is 10.1. The van der Waals surface area contributed by atoms with Gasteiger partial charge in [0.1, 0.15) is 5.69 Å². The number of anilines is 1. The van der Waals surface area contributed by atoms with Crippen molar-refractivity contribution in [3.05, 3.63) is 54.4 Å². The summed E-state index contributed by atoms with van der Waals surface area (Å²) in [6.45, 7) is 4.18. The lowest BCUT2D eigenvalue weighted by Gasteiger charge is -2.25. The number of fused-ring (bicyclic) bond motifs is 2. The largest absolute Gasteiger partial charge is 0.465 e. The number of rotatable bonds is 4. The molecule has 0 radical (unpaired) electrons. The minimum Gasteiger partial charge on any atom is -0.465 e. The van der Waals surface area contributed by atoms with Crippen LogP contribution in [0.25, 0.3) is 33.3 Å². The Balaban J connectivity index is 1.95. The fourth-order valence-corrected chi connectivity index (χ4v) is 3.08. The lowest BCUT2D eigenvalue weighted by Crippen LogP contribution is -2.27. The molecule has 0 saturated carbocycles. The lowest BCUT2D eigenvalue weighted by molar-refractivity contribution is 0.0601. The molecule has 0 bridgehead atoms. The van der Waals surface area contributed by atoms with Gasteiger partial charge in [0.15, 0.2) is 5.82 Å². The van der Waals surface area contributed by atoms with Gasteiger partial charge in [0.2, 0.25) is 0 Å². The number of aromatic nitrogens is 4. The molecule has 0 unspecified atom stereocenters. The van der Waals surface area contributed by atoms with Gasteiger partial charge in [-0.2, -0.15) is 0 Å². The van der Waals surface area contributed by atoms with Crippen molar-refractivity contribution < 1.29 is 9.53 Å². The van der Waals surface area contributed by atoms with Crippen LogP contribution < -0.4 is 4.90 Å².